The minimum Gasteiger partial charge on any atom is -0.380 e. The van der Waals surface area contributed by atoms with Crippen molar-refractivity contribution < 1.29 is 0 Å². The topological polar surface area (TPSA) is 24.9 Å². The van der Waals surface area contributed by atoms with Crippen LogP contribution in [0.15, 0.2) is 11.6 Å². The lowest BCUT2D eigenvalue weighted by atomic mass is 10.2. The van der Waals surface area contributed by atoms with Gasteiger partial charge in [-0.3, -0.25) is 0 Å². The molecule has 0 aliphatic heterocycles. The van der Waals surface area contributed by atoms with Crippen molar-refractivity contribution >= 4 is 17.2 Å². The average Bonchev–Trinajstić information content (AvgIpc) is 2.58. The van der Waals surface area contributed by atoms with E-state index in [0.29, 0.717) is 6.04 Å². The van der Waals surface area contributed by atoms with Crippen LogP contribution in [0, 0.1) is 11.8 Å². The fourth-order valence-corrected chi connectivity index (χ4v) is 2.17. The highest BCUT2D eigenvalue weighted by Gasteiger charge is 2.37. The van der Waals surface area contributed by atoms with Gasteiger partial charge in [0.05, 0.1) is 11.9 Å². The van der Waals surface area contributed by atoms with Gasteiger partial charge in [-0.25, -0.2) is 0 Å². The summed E-state index contributed by atoms with van der Waals surface area (Å²) < 4.78 is 4.05. The lowest BCUT2D eigenvalue weighted by Gasteiger charge is -2.12. The van der Waals surface area contributed by atoms with E-state index in [1.807, 2.05) is 6.20 Å². The minimum absolute atomic E-state index is 0.608. The van der Waals surface area contributed by atoms with Gasteiger partial charge < -0.3 is 5.32 Å². The van der Waals surface area contributed by atoms with Crippen LogP contribution in [-0.2, 0) is 0 Å². The molecule has 0 radical (unpaired) electrons. The molecular formula is C9H14N2S. The van der Waals surface area contributed by atoms with Gasteiger partial charge in [0.1, 0.15) is 0 Å². The Balaban J connectivity index is 1.87. The third-order valence-electron chi connectivity index (χ3n) is 2.64. The monoisotopic (exact) mass is 182 g/mol. The predicted molar refractivity (Wildman–Crippen MR) is 52.5 cm³/mol. The van der Waals surface area contributed by atoms with E-state index in [9.17, 15) is 0 Å². The summed E-state index contributed by atoms with van der Waals surface area (Å²) in [4.78, 5) is 0. The molecule has 1 N–H and O–H groups in total. The molecule has 0 spiro atoms. The first-order chi connectivity index (χ1) is 5.77. The molecule has 1 saturated carbocycles. The van der Waals surface area contributed by atoms with E-state index in [4.69, 9.17) is 0 Å². The predicted octanol–water partition coefficient (Wildman–Crippen LogP) is 2.60. The van der Waals surface area contributed by atoms with E-state index < -0.39 is 0 Å². The summed E-state index contributed by atoms with van der Waals surface area (Å²) in [6, 6.07) is 0.608. The highest BCUT2D eigenvalue weighted by atomic mass is 32.1. The molecule has 1 fully saturated rings. The van der Waals surface area contributed by atoms with Gasteiger partial charge in [-0.15, -0.1) is 0 Å². The second-order valence-corrected chi connectivity index (χ2v) is 4.38. The van der Waals surface area contributed by atoms with Gasteiger partial charge in [0.25, 0.3) is 0 Å². The summed E-state index contributed by atoms with van der Waals surface area (Å²) in [6.07, 6.45) is 3.28. The smallest absolute Gasteiger partial charge is 0.0655 e. The van der Waals surface area contributed by atoms with Gasteiger partial charge in [0, 0.05) is 11.4 Å². The largest absolute Gasteiger partial charge is 0.380 e. The molecule has 12 heavy (non-hydrogen) atoms. The van der Waals surface area contributed by atoms with Crippen LogP contribution in [0.4, 0.5) is 5.69 Å². The minimum atomic E-state index is 0.608. The summed E-state index contributed by atoms with van der Waals surface area (Å²) in [5.41, 5.74) is 1.17. The van der Waals surface area contributed by atoms with Crippen LogP contribution in [0.1, 0.15) is 20.3 Å². The Kier molecular flexibility index (Phi) is 2.05. The molecule has 1 heterocycles. The van der Waals surface area contributed by atoms with Crippen molar-refractivity contribution in [3.8, 4) is 0 Å². The molecule has 0 bridgehead atoms. The highest BCUT2D eigenvalue weighted by molar-refractivity contribution is 7.04. The molecule has 1 aromatic rings. The zero-order chi connectivity index (χ0) is 8.55. The van der Waals surface area contributed by atoms with Gasteiger partial charge >= 0.3 is 0 Å². The van der Waals surface area contributed by atoms with Crippen LogP contribution in [0.25, 0.3) is 0 Å². The molecule has 2 rings (SSSR count). The SMILES string of the molecule is CC1CC1C(C)Nc1cnsc1. The van der Waals surface area contributed by atoms with Gasteiger partial charge in [-0.1, -0.05) is 6.92 Å². The lowest BCUT2D eigenvalue weighted by Crippen LogP contribution is -2.17. The molecule has 0 amide bonds. The zero-order valence-corrected chi connectivity index (χ0v) is 8.27. The lowest BCUT2D eigenvalue weighted by molar-refractivity contribution is 0.645. The second-order valence-electron chi connectivity index (χ2n) is 3.72. The summed E-state index contributed by atoms with van der Waals surface area (Å²) in [5, 5.41) is 5.52. The number of hydrogen-bond acceptors (Lipinski definition) is 3. The van der Waals surface area contributed by atoms with Gasteiger partial charge in [0.15, 0.2) is 0 Å². The summed E-state index contributed by atoms with van der Waals surface area (Å²) in [5.74, 6) is 1.80. The van der Waals surface area contributed by atoms with E-state index in [2.05, 4.69) is 28.9 Å². The van der Waals surface area contributed by atoms with Crippen molar-refractivity contribution in [2.75, 3.05) is 5.32 Å². The number of hydrogen-bond donors (Lipinski definition) is 1. The first kappa shape index (κ1) is 8.05. The fraction of sp³-hybridized carbons (Fsp3) is 0.667. The van der Waals surface area contributed by atoms with Crippen molar-refractivity contribution in [3.63, 3.8) is 0 Å². The summed E-state index contributed by atoms with van der Waals surface area (Å²) in [6.45, 7) is 4.57. The quantitative estimate of drug-likeness (QED) is 0.777. The van der Waals surface area contributed by atoms with Crippen molar-refractivity contribution in [2.45, 2.75) is 26.3 Å². The molecule has 0 saturated heterocycles. The number of anilines is 1. The van der Waals surface area contributed by atoms with Gasteiger partial charge in [0.2, 0.25) is 0 Å². The maximum atomic E-state index is 4.05. The Morgan fingerprint density at radius 3 is 3.00 bits per heavy atom. The van der Waals surface area contributed by atoms with E-state index in [0.717, 1.165) is 11.8 Å². The molecule has 3 heteroatoms. The standard InChI is InChI=1S/C9H14N2S/c1-6-3-9(6)7(2)11-8-4-10-12-5-8/h4-7,9,11H,3H2,1-2H3. The summed E-state index contributed by atoms with van der Waals surface area (Å²) >= 11 is 1.50. The molecule has 1 aromatic heterocycles. The normalized spacial score (nSPS) is 29.8. The first-order valence-electron chi connectivity index (χ1n) is 4.43. The third-order valence-corrected chi connectivity index (χ3v) is 3.23. The Hall–Kier alpha value is -0.570. The van der Waals surface area contributed by atoms with Crippen LogP contribution in [-0.4, -0.2) is 10.4 Å². The number of aromatic nitrogens is 1. The molecule has 0 aromatic carbocycles. The van der Waals surface area contributed by atoms with Crippen molar-refractivity contribution in [3.05, 3.63) is 11.6 Å². The number of rotatable bonds is 3. The zero-order valence-electron chi connectivity index (χ0n) is 7.45. The molecule has 3 unspecified atom stereocenters. The Labute approximate surface area is 77.2 Å². The van der Waals surface area contributed by atoms with Crippen molar-refractivity contribution in [1.29, 1.82) is 0 Å². The fourth-order valence-electron chi connectivity index (χ4n) is 1.69. The van der Waals surface area contributed by atoms with Crippen LogP contribution < -0.4 is 5.32 Å². The first-order valence-corrected chi connectivity index (χ1v) is 5.27. The van der Waals surface area contributed by atoms with E-state index in [1.165, 1.54) is 23.6 Å². The molecule has 1 aliphatic rings. The molecule has 1 aliphatic carbocycles. The van der Waals surface area contributed by atoms with E-state index in [-0.39, 0.29) is 0 Å². The summed E-state index contributed by atoms with van der Waals surface area (Å²) in [7, 11) is 0. The number of nitrogens with one attached hydrogen (secondary N) is 1. The Morgan fingerprint density at radius 2 is 2.50 bits per heavy atom. The Morgan fingerprint density at radius 1 is 1.75 bits per heavy atom. The highest BCUT2D eigenvalue weighted by Crippen LogP contribution is 2.41. The van der Waals surface area contributed by atoms with Crippen molar-refractivity contribution in [1.82, 2.24) is 4.37 Å². The van der Waals surface area contributed by atoms with E-state index >= 15 is 0 Å². The molecule has 3 atom stereocenters. The Bertz CT molecular complexity index is 245. The van der Waals surface area contributed by atoms with Crippen LogP contribution >= 0.6 is 11.5 Å². The van der Waals surface area contributed by atoms with Gasteiger partial charge in [-0.05, 0) is 36.7 Å². The average molecular weight is 182 g/mol. The second kappa shape index (κ2) is 3.05. The third kappa shape index (κ3) is 1.61. The number of nitrogens with zero attached hydrogens (tertiary/aromatic N) is 1. The van der Waals surface area contributed by atoms with Crippen LogP contribution in [0.2, 0.25) is 0 Å². The van der Waals surface area contributed by atoms with Crippen LogP contribution in [0.5, 0.6) is 0 Å². The molecule has 2 nitrogen and oxygen atoms in total. The van der Waals surface area contributed by atoms with Crippen molar-refractivity contribution in [2.24, 2.45) is 11.8 Å². The molecular weight excluding hydrogens is 168 g/mol. The molecule has 66 valence electrons. The van der Waals surface area contributed by atoms with Gasteiger partial charge in [-0.2, -0.15) is 4.37 Å². The van der Waals surface area contributed by atoms with E-state index in [1.54, 1.807) is 0 Å². The maximum absolute atomic E-state index is 4.05. The van der Waals surface area contributed by atoms with Crippen LogP contribution in [0.3, 0.4) is 0 Å². The maximum Gasteiger partial charge on any atom is 0.0655 e.